The van der Waals surface area contributed by atoms with Gasteiger partial charge in [-0.3, -0.25) is 0 Å². The van der Waals surface area contributed by atoms with Gasteiger partial charge in [0.25, 0.3) is 0 Å². The molecule has 10 heteroatoms. The molecule has 0 aliphatic rings. The van der Waals surface area contributed by atoms with Crippen LogP contribution in [0.4, 0.5) is 24.8 Å². The van der Waals surface area contributed by atoms with Gasteiger partial charge in [-0.25, -0.2) is 14.8 Å². The predicted molar refractivity (Wildman–Crippen MR) is 85.8 cm³/mol. The Bertz CT molecular complexity index is 797. The minimum Gasteiger partial charge on any atom is -0.497 e. The van der Waals surface area contributed by atoms with E-state index in [1.165, 1.54) is 27.2 Å². The monoisotopic (exact) mass is 371 g/mol. The van der Waals surface area contributed by atoms with Gasteiger partial charge in [0.15, 0.2) is 5.69 Å². The molecule has 0 bridgehead atoms. The lowest BCUT2D eigenvalue weighted by Crippen LogP contribution is -2.19. The average Bonchev–Trinajstić information content (AvgIpc) is 2.61. The van der Waals surface area contributed by atoms with Gasteiger partial charge in [0, 0.05) is 12.3 Å². The van der Waals surface area contributed by atoms with E-state index in [0.717, 1.165) is 6.20 Å². The van der Waals surface area contributed by atoms with Gasteiger partial charge < -0.3 is 19.5 Å². The zero-order valence-electron chi connectivity index (χ0n) is 14.2. The topological polar surface area (TPSA) is 82.6 Å². The number of carbonyl (C=O) groups excluding carboxylic acids is 1. The summed E-state index contributed by atoms with van der Waals surface area (Å²) in [4.78, 5) is 18.9. The molecule has 2 rings (SSSR count). The zero-order chi connectivity index (χ0) is 19.3. The molecule has 0 fully saturated rings. The van der Waals surface area contributed by atoms with Crippen molar-refractivity contribution in [1.29, 1.82) is 0 Å². The number of hydrogen-bond donors (Lipinski definition) is 1. The van der Waals surface area contributed by atoms with Gasteiger partial charge in [-0.05, 0) is 19.1 Å². The molecule has 0 radical (unpaired) electrons. The second-order valence-electron chi connectivity index (χ2n) is 4.87. The van der Waals surface area contributed by atoms with E-state index in [4.69, 9.17) is 9.47 Å². The molecule has 0 aliphatic heterocycles. The summed E-state index contributed by atoms with van der Waals surface area (Å²) in [6, 6.07) is 4.66. The van der Waals surface area contributed by atoms with Crippen molar-refractivity contribution in [2.75, 3.05) is 26.1 Å². The predicted octanol–water partition coefficient (Wildman–Crippen LogP) is 3.43. The SMILES string of the molecule is CCOC(=O)c1cnc(Nc2ccc(OC)cc2OC)nc1C(F)(F)F. The second-order valence-corrected chi connectivity index (χ2v) is 4.87. The van der Waals surface area contributed by atoms with Crippen molar-refractivity contribution in [3.05, 3.63) is 35.7 Å². The molecule has 1 aromatic heterocycles. The molecule has 7 nitrogen and oxygen atoms in total. The first-order valence-electron chi connectivity index (χ1n) is 7.40. The van der Waals surface area contributed by atoms with Crippen LogP contribution in [-0.4, -0.2) is 36.8 Å². The van der Waals surface area contributed by atoms with Crippen molar-refractivity contribution >= 4 is 17.6 Å². The van der Waals surface area contributed by atoms with Gasteiger partial charge >= 0.3 is 12.1 Å². The van der Waals surface area contributed by atoms with Crippen molar-refractivity contribution < 1.29 is 32.2 Å². The molecular weight excluding hydrogens is 355 g/mol. The number of ether oxygens (including phenoxy) is 3. The zero-order valence-corrected chi connectivity index (χ0v) is 14.2. The molecule has 1 aromatic carbocycles. The smallest absolute Gasteiger partial charge is 0.434 e. The summed E-state index contributed by atoms with van der Waals surface area (Å²) >= 11 is 0. The summed E-state index contributed by atoms with van der Waals surface area (Å²) in [5.41, 5.74) is -1.82. The first-order chi connectivity index (χ1) is 12.3. The van der Waals surface area contributed by atoms with Gasteiger partial charge in [0.1, 0.15) is 17.1 Å². The molecule has 140 valence electrons. The Morgan fingerprint density at radius 1 is 1.23 bits per heavy atom. The third-order valence-electron chi connectivity index (χ3n) is 3.21. The maximum absolute atomic E-state index is 13.2. The number of aromatic nitrogens is 2. The highest BCUT2D eigenvalue weighted by molar-refractivity contribution is 5.90. The molecule has 26 heavy (non-hydrogen) atoms. The molecule has 0 aliphatic carbocycles. The van der Waals surface area contributed by atoms with Crippen LogP contribution in [-0.2, 0) is 10.9 Å². The number of hydrogen-bond acceptors (Lipinski definition) is 7. The van der Waals surface area contributed by atoms with Crippen LogP contribution in [0.15, 0.2) is 24.4 Å². The molecule has 1 N–H and O–H groups in total. The van der Waals surface area contributed by atoms with Crippen LogP contribution < -0.4 is 14.8 Å². The Hall–Kier alpha value is -3.04. The maximum Gasteiger partial charge on any atom is 0.434 e. The number of methoxy groups -OCH3 is 2. The highest BCUT2D eigenvalue weighted by Gasteiger charge is 2.38. The minimum absolute atomic E-state index is 0.0703. The highest BCUT2D eigenvalue weighted by atomic mass is 19.4. The summed E-state index contributed by atoms with van der Waals surface area (Å²) in [7, 11) is 2.86. The Balaban J connectivity index is 2.41. The lowest BCUT2D eigenvalue weighted by atomic mass is 10.2. The summed E-state index contributed by atoms with van der Waals surface area (Å²) in [6.07, 6.45) is -4.09. The van der Waals surface area contributed by atoms with E-state index in [-0.39, 0.29) is 12.6 Å². The third-order valence-corrected chi connectivity index (χ3v) is 3.21. The molecule has 0 saturated carbocycles. The molecule has 0 spiro atoms. The van der Waals surface area contributed by atoms with Crippen molar-refractivity contribution in [2.24, 2.45) is 0 Å². The highest BCUT2D eigenvalue weighted by Crippen LogP contribution is 2.33. The number of nitrogens with one attached hydrogen (secondary N) is 1. The largest absolute Gasteiger partial charge is 0.497 e. The Kier molecular flexibility index (Phi) is 5.86. The number of halogens is 3. The molecule has 0 unspecified atom stereocenters. The Morgan fingerprint density at radius 3 is 2.54 bits per heavy atom. The number of anilines is 2. The molecule has 2 aromatic rings. The molecule has 0 atom stereocenters. The number of benzene rings is 1. The average molecular weight is 371 g/mol. The van der Waals surface area contributed by atoms with Gasteiger partial charge in [-0.15, -0.1) is 0 Å². The van der Waals surface area contributed by atoms with Crippen LogP contribution in [0, 0.1) is 0 Å². The normalized spacial score (nSPS) is 11.0. The fourth-order valence-corrected chi connectivity index (χ4v) is 2.04. The van der Waals surface area contributed by atoms with Crippen molar-refractivity contribution in [3.63, 3.8) is 0 Å². The summed E-state index contributed by atoms with van der Waals surface area (Å²) in [6.45, 7) is 1.41. The van der Waals surface area contributed by atoms with Gasteiger partial charge in [-0.2, -0.15) is 13.2 Å². The molecule has 1 heterocycles. The Morgan fingerprint density at radius 2 is 1.96 bits per heavy atom. The first-order valence-corrected chi connectivity index (χ1v) is 7.40. The van der Waals surface area contributed by atoms with Crippen LogP contribution in [0.5, 0.6) is 11.5 Å². The van der Waals surface area contributed by atoms with Crippen molar-refractivity contribution in [1.82, 2.24) is 9.97 Å². The van der Waals surface area contributed by atoms with Crippen molar-refractivity contribution in [3.8, 4) is 11.5 Å². The number of nitrogens with zero attached hydrogens (tertiary/aromatic N) is 2. The van der Waals surface area contributed by atoms with Crippen LogP contribution in [0.3, 0.4) is 0 Å². The van der Waals surface area contributed by atoms with E-state index >= 15 is 0 Å². The van der Waals surface area contributed by atoms with Crippen molar-refractivity contribution in [2.45, 2.75) is 13.1 Å². The standard InChI is InChI=1S/C16H16F3N3O4/c1-4-26-14(23)10-8-20-15(22-13(10)16(17,18)19)21-11-6-5-9(24-2)7-12(11)25-3/h5-8H,4H2,1-3H3,(H,20,21,22). The van der Waals surface area contributed by atoms with Crippen LogP contribution in [0.2, 0.25) is 0 Å². The maximum atomic E-state index is 13.2. The van der Waals surface area contributed by atoms with Crippen LogP contribution >= 0.6 is 0 Å². The second kappa shape index (κ2) is 7.89. The number of rotatable bonds is 6. The van der Waals surface area contributed by atoms with E-state index in [0.29, 0.717) is 17.2 Å². The van der Waals surface area contributed by atoms with Gasteiger partial charge in [0.05, 0.1) is 26.5 Å². The van der Waals surface area contributed by atoms with Crippen LogP contribution in [0.25, 0.3) is 0 Å². The van der Waals surface area contributed by atoms with E-state index in [9.17, 15) is 18.0 Å². The lowest BCUT2D eigenvalue weighted by Gasteiger charge is -2.14. The lowest BCUT2D eigenvalue weighted by molar-refractivity contribution is -0.141. The first kappa shape index (κ1) is 19.3. The number of esters is 1. The fourth-order valence-electron chi connectivity index (χ4n) is 2.04. The molecule has 0 saturated heterocycles. The number of alkyl halides is 3. The van der Waals surface area contributed by atoms with E-state index in [1.807, 2.05) is 0 Å². The fraction of sp³-hybridized carbons (Fsp3) is 0.312. The van der Waals surface area contributed by atoms with E-state index in [1.54, 1.807) is 12.1 Å². The third kappa shape index (κ3) is 4.32. The quantitative estimate of drug-likeness (QED) is 0.779. The van der Waals surface area contributed by atoms with E-state index < -0.39 is 23.4 Å². The van der Waals surface area contributed by atoms with E-state index in [2.05, 4.69) is 20.0 Å². The minimum atomic E-state index is -4.86. The summed E-state index contributed by atoms with van der Waals surface area (Å²) < 4.78 is 54.6. The summed E-state index contributed by atoms with van der Waals surface area (Å²) in [5, 5.41) is 2.63. The molecule has 0 amide bonds. The van der Waals surface area contributed by atoms with Gasteiger partial charge in [-0.1, -0.05) is 0 Å². The van der Waals surface area contributed by atoms with Gasteiger partial charge in [0.2, 0.25) is 5.95 Å². The Labute approximate surface area is 147 Å². The summed E-state index contributed by atoms with van der Waals surface area (Å²) in [5.74, 6) is -0.680. The molecular formula is C16H16F3N3O4. The van der Waals surface area contributed by atoms with Crippen LogP contribution in [0.1, 0.15) is 23.0 Å². The number of carbonyl (C=O) groups is 1.